The zero-order valence-electron chi connectivity index (χ0n) is 19.1. The lowest BCUT2D eigenvalue weighted by Gasteiger charge is -2.37. The van der Waals surface area contributed by atoms with Crippen molar-refractivity contribution in [3.63, 3.8) is 0 Å². The Morgan fingerprint density at radius 1 is 1.19 bits per heavy atom. The molecule has 0 saturated carbocycles. The molecule has 7 nitrogen and oxygen atoms in total. The van der Waals surface area contributed by atoms with Gasteiger partial charge in [-0.3, -0.25) is 9.69 Å². The van der Waals surface area contributed by atoms with E-state index in [1.165, 1.54) is 0 Å². The molecule has 3 heterocycles. The second kappa shape index (κ2) is 8.01. The number of hydrogen-bond donors (Lipinski definition) is 0. The first kappa shape index (κ1) is 21.9. The number of nitriles is 1. The summed E-state index contributed by atoms with van der Waals surface area (Å²) in [4.78, 5) is 29.2. The molecule has 1 aromatic carbocycles. The fraction of sp³-hybridized carbons (Fsp3) is 0.480. The van der Waals surface area contributed by atoms with Crippen molar-refractivity contribution >= 4 is 12.0 Å². The molecule has 2 aliphatic rings. The molecular formula is C25H29N3O4. The third-order valence-corrected chi connectivity index (χ3v) is 6.35. The molecule has 1 aromatic heterocycles. The maximum absolute atomic E-state index is 13.1. The summed E-state index contributed by atoms with van der Waals surface area (Å²) in [5.74, 6) is 1.41. The molecule has 2 amide bonds. The maximum atomic E-state index is 13.1. The Labute approximate surface area is 188 Å². The van der Waals surface area contributed by atoms with Gasteiger partial charge in [-0.1, -0.05) is 32.9 Å². The number of carbonyl (C=O) groups is 2. The van der Waals surface area contributed by atoms with Crippen LogP contribution in [-0.4, -0.2) is 47.0 Å². The molecule has 4 rings (SSSR count). The number of benzene rings is 1. The number of likely N-dealkylation sites (tertiary alicyclic amines) is 1. The van der Waals surface area contributed by atoms with E-state index in [1.54, 1.807) is 17.0 Å². The number of hydrogen-bond acceptors (Lipinski definition) is 5. The van der Waals surface area contributed by atoms with E-state index in [1.807, 2.05) is 30.0 Å². The quantitative estimate of drug-likeness (QED) is 0.714. The number of nitrogens with zero attached hydrogens (tertiary/aromatic N) is 3. The van der Waals surface area contributed by atoms with E-state index in [2.05, 4.69) is 26.8 Å². The van der Waals surface area contributed by atoms with Crippen LogP contribution in [0.1, 0.15) is 66.6 Å². The molecule has 0 aliphatic carbocycles. The number of rotatable bonds is 3. The average molecular weight is 436 g/mol. The number of amides is 2. The number of furan rings is 1. The lowest BCUT2D eigenvalue weighted by Crippen LogP contribution is -2.48. The third-order valence-electron chi connectivity index (χ3n) is 6.35. The number of aryl methyl sites for hydroxylation is 1. The van der Waals surface area contributed by atoms with Crippen molar-refractivity contribution in [2.45, 2.75) is 58.1 Å². The molecule has 168 valence electrons. The maximum Gasteiger partial charge on any atom is 0.410 e. The largest absolute Gasteiger partial charge is 0.465 e. The van der Waals surface area contributed by atoms with Gasteiger partial charge >= 0.3 is 6.09 Å². The molecule has 2 aliphatic heterocycles. The first-order chi connectivity index (χ1) is 15.1. The van der Waals surface area contributed by atoms with Crippen molar-refractivity contribution in [1.29, 1.82) is 5.26 Å². The van der Waals surface area contributed by atoms with Crippen molar-refractivity contribution in [3.8, 4) is 6.07 Å². The van der Waals surface area contributed by atoms with Crippen LogP contribution in [0.5, 0.6) is 0 Å². The summed E-state index contributed by atoms with van der Waals surface area (Å²) in [5, 5.41) is 8.94. The zero-order valence-corrected chi connectivity index (χ0v) is 19.1. The van der Waals surface area contributed by atoms with E-state index >= 15 is 0 Å². The van der Waals surface area contributed by atoms with Crippen molar-refractivity contribution in [3.05, 3.63) is 58.5 Å². The molecule has 1 spiro atoms. The number of carbonyl (C=O) groups excluding carboxylic acids is 2. The van der Waals surface area contributed by atoms with Gasteiger partial charge in [-0.25, -0.2) is 4.79 Å². The summed E-state index contributed by atoms with van der Waals surface area (Å²) < 4.78 is 11.6. The van der Waals surface area contributed by atoms with Crippen molar-refractivity contribution < 1.29 is 18.7 Å². The fourth-order valence-electron chi connectivity index (χ4n) is 4.33. The lowest BCUT2D eigenvalue weighted by atomic mass is 9.90. The van der Waals surface area contributed by atoms with Gasteiger partial charge in [0.1, 0.15) is 17.1 Å². The van der Waals surface area contributed by atoms with Gasteiger partial charge < -0.3 is 14.1 Å². The predicted octanol–water partition coefficient (Wildman–Crippen LogP) is 4.38. The smallest absolute Gasteiger partial charge is 0.410 e. The molecule has 0 atom stereocenters. The second-order valence-corrected chi connectivity index (χ2v) is 9.84. The first-order valence-corrected chi connectivity index (χ1v) is 11.0. The van der Waals surface area contributed by atoms with Crippen LogP contribution in [0.15, 0.2) is 34.7 Å². The Balaban J connectivity index is 1.39. The Bertz CT molecular complexity index is 1060. The van der Waals surface area contributed by atoms with Gasteiger partial charge in [-0.2, -0.15) is 5.26 Å². The van der Waals surface area contributed by atoms with Gasteiger partial charge in [-0.05, 0) is 30.7 Å². The second-order valence-electron chi connectivity index (χ2n) is 9.84. The van der Waals surface area contributed by atoms with Gasteiger partial charge in [0, 0.05) is 37.9 Å². The summed E-state index contributed by atoms with van der Waals surface area (Å²) in [6.07, 6.45) is 0.893. The summed E-state index contributed by atoms with van der Waals surface area (Å²) in [5.41, 5.74) is 1.44. The molecule has 7 heteroatoms. The van der Waals surface area contributed by atoms with E-state index in [-0.39, 0.29) is 17.4 Å². The van der Waals surface area contributed by atoms with Crippen molar-refractivity contribution in [2.75, 3.05) is 19.6 Å². The topological polar surface area (TPSA) is 86.8 Å². The van der Waals surface area contributed by atoms with Crippen LogP contribution in [0, 0.1) is 18.3 Å². The fourth-order valence-corrected chi connectivity index (χ4v) is 4.33. The summed E-state index contributed by atoms with van der Waals surface area (Å²) in [6, 6.07) is 11.2. The lowest BCUT2D eigenvalue weighted by molar-refractivity contribution is 0.00309. The Hall–Kier alpha value is -3.27. The SMILES string of the molecule is Cc1oc(C(C)(C)C)cc1C(=O)N1CCC2(CC1)CN(Cc1ccc(C#N)cc1)C(=O)O2. The Morgan fingerprint density at radius 2 is 1.84 bits per heavy atom. The van der Waals surface area contributed by atoms with Gasteiger partial charge in [0.25, 0.3) is 5.91 Å². The van der Waals surface area contributed by atoms with E-state index in [4.69, 9.17) is 14.4 Å². The van der Waals surface area contributed by atoms with Crippen LogP contribution in [0.3, 0.4) is 0 Å². The molecule has 32 heavy (non-hydrogen) atoms. The summed E-state index contributed by atoms with van der Waals surface area (Å²) in [6.45, 7) is 10.0. The van der Waals surface area contributed by atoms with Crippen LogP contribution >= 0.6 is 0 Å². The summed E-state index contributed by atoms with van der Waals surface area (Å²) in [7, 11) is 0. The van der Waals surface area contributed by atoms with Gasteiger partial charge in [0.05, 0.1) is 23.7 Å². The Morgan fingerprint density at radius 3 is 2.41 bits per heavy atom. The minimum atomic E-state index is -0.553. The molecule has 0 unspecified atom stereocenters. The van der Waals surface area contributed by atoms with Gasteiger partial charge in [0.2, 0.25) is 0 Å². The van der Waals surface area contributed by atoms with E-state index in [0.717, 1.165) is 11.3 Å². The molecule has 2 aromatic rings. The number of piperidine rings is 1. The average Bonchev–Trinajstić information content (AvgIpc) is 3.29. The molecule has 2 saturated heterocycles. The zero-order chi connectivity index (χ0) is 23.1. The molecule has 2 fully saturated rings. The summed E-state index contributed by atoms with van der Waals surface area (Å²) >= 11 is 0. The van der Waals surface area contributed by atoms with Gasteiger partial charge in [-0.15, -0.1) is 0 Å². The van der Waals surface area contributed by atoms with E-state index < -0.39 is 5.60 Å². The van der Waals surface area contributed by atoms with Crippen LogP contribution in [0.25, 0.3) is 0 Å². The highest BCUT2D eigenvalue weighted by Crippen LogP contribution is 2.35. The minimum Gasteiger partial charge on any atom is -0.465 e. The molecule has 0 N–H and O–H groups in total. The normalized spacial score (nSPS) is 18.0. The highest BCUT2D eigenvalue weighted by Gasteiger charge is 2.47. The monoisotopic (exact) mass is 435 g/mol. The van der Waals surface area contributed by atoms with Crippen molar-refractivity contribution in [2.24, 2.45) is 0 Å². The van der Waals surface area contributed by atoms with E-state index in [9.17, 15) is 9.59 Å². The van der Waals surface area contributed by atoms with Crippen LogP contribution in [0.4, 0.5) is 4.79 Å². The van der Waals surface area contributed by atoms with Crippen LogP contribution in [-0.2, 0) is 16.7 Å². The highest BCUT2D eigenvalue weighted by molar-refractivity contribution is 5.95. The van der Waals surface area contributed by atoms with Crippen LogP contribution in [0.2, 0.25) is 0 Å². The van der Waals surface area contributed by atoms with Gasteiger partial charge in [0.15, 0.2) is 0 Å². The molecular weight excluding hydrogens is 406 g/mol. The first-order valence-electron chi connectivity index (χ1n) is 11.0. The standard InChI is InChI=1S/C25H29N3O4/c1-17-20(13-21(31-17)24(2,3)4)22(29)27-11-9-25(10-12-27)16-28(23(30)32-25)15-19-7-5-18(14-26)6-8-19/h5-8,13H,9-12,15-16H2,1-4H3. The highest BCUT2D eigenvalue weighted by atomic mass is 16.6. The predicted molar refractivity (Wildman–Crippen MR) is 118 cm³/mol. The minimum absolute atomic E-state index is 0.0321. The van der Waals surface area contributed by atoms with Crippen molar-refractivity contribution in [1.82, 2.24) is 9.80 Å². The molecule has 0 bridgehead atoms. The Kier molecular flexibility index (Phi) is 5.49. The number of ether oxygens (including phenoxy) is 1. The van der Waals surface area contributed by atoms with E-state index in [0.29, 0.717) is 55.9 Å². The third kappa shape index (κ3) is 4.22. The molecule has 0 radical (unpaired) electrons. The van der Waals surface area contributed by atoms with Crippen LogP contribution < -0.4 is 0 Å².